The van der Waals surface area contributed by atoms with Gasteiger partial charge in [0.05, 0.1) is 18.1 Å². The molecule has 0 spiro atoms. The lowest BCUT2D eigenvalue weighted by Crippen LogP contribution is -2.23. The summed E-state index contributed by atoms with van der Waals surface area (Å²) in [6, 6.07) is 7.06. The lowest BCUT2D eigenvalue weighted by Gasteiger charge is -2.25. The summed E-state index contributed by atoms with van der Waals surface area (Å²) in [5, 5.41) is 0. The van der Waals surface area contributed by atoms with E-state index in [1.54, 1.807) is 0 Å². The number of hydrogen-bond acceptors (Lipinski definition) is 2. The molecule has 3 aromatic carbocycles. The van der Waals surface area contributed by atoms with Gasteiger partial charge in [-0.25, -0.2) is 30.7 Å². The van der Waals surface area contributed by atoms with Gasteiger partial charge in [0.1, 0.15) is 40.7 Å². The topological polar surface area (TPSA) is 18.5 Å². The molecule has 0 heterocycles. The highest BCUT2D eigenvalue weighted by Crippen LogP contribution is 2.41. The summed E-state index contributed by atoms with van der Waals surface area (Å²) in [5.74, 6) is -6.58. The van der Waals surface area contributed by atoms with Crippen molar-refractivity contribution in [1.82, 2.24) is 0 Å². The molecule has 2 unspecified atom stereocenters. The molecule has 0 aromatic heterocycles. The van der Waals surface area contributed by atoms with Crippen molar-refractivity contribution in [2.75, 3.05) is 6.61 Å². The van der Waals surface area contributed by atoms with Gasteiger partial charge in [-0.05, 0) is 60.5 Å². The highest BCUT2D eigenvalue weighted by Gasteiger charge is 2.40. The molecule has 0 fully saturated rings. The normalized spacial score (nSPS) is 16.7. The van der Waals surface area contributed by atoms with Crippen LogP contribution in [0.15, 0.2) is 72.3 Å². The molecule has 42 heavy (non-hydrogen) atoms. The summed E-state index contributed by atoms with van der Waals surface area (Å²) in [5.41, 5.74) is -2.03. The van der Waals surface area contributed by atoms with E-state index in [9.17, 15) is 39.5 Å². The molecular weight excluding hydrogens is 575 g/mol. The lowest BCUT2D eigenvalue weighted by atomic mass is 9.89. The Morgan fingerprint density at radius 2 is 1.55 bits per heavy atom. The van der Waals surface area contributed by atoms with Gasteiger partial charge in [0.15, 0.2) is 17.5 Å². The average Bonchev–Trinajstić information content (AvgIpc) is 2.90. The largest absolute Gasteiger partial charge is 0.493 e. The van der Waals surface area contributed by atoms with E-state index in [4.69, 9.17) is 4.74 Å². The summed E-state index contributed by atoms with van der Waals surface area (Å²) < 4.78 is 138. The van der Waals surface area contributed by atoms with Crippen LogP contribution < -0.4 is 4.74 Å². The lowest BCUT2D eigenvalue weighted by molar-refractivity contribution is -0.223. The fraction of sp³-hybridized carbons (Fsp3) is 0.226. The zero-order valence-corrected chi connectivity index (χ0v) is 21.8. The minimum atomic E-state index is -4.42. The third-order valence-corrected chi connectivity index (χ3v) is 6.16. The van der Waals surface area contributed by atoms with Crippen molar-refractivity contribution in [1.29, 1.82) is 0 Å². The molecule has 0 saturated heterocycles. The van der Waals surface area contributed by atoms with Crippen molar-refractivity contribution in [2.45, 2.75) is 38.0 Å². The Hall–Kier alpha value is -4.33. The van der Waals surface area contributed by atoms with Gasteiger partial charge in [-0.2, -0.15) is 8.78 Å². The number of benzene rings is 3. The molecule has 0 saturated carbocycles. The smallest absolute Gasteiger partial charge is 0.429 e. The maximum atomic E-state index is 14.8. The fourth-order valence-electron chi connectivity index (χ4n) is 4.03. The molecule has 3 aromatic rings. The number of hydrogen-bond donors (Lipinski definition) is 0. The van der Waals surface area contributed by atoms with E-state index in [1.165, 1.54) is 12.1 Å². The standard InChI is InChI=1S/C31H21F9O2/c1-2-3-10-41-20-8-7-18(23(32)14-20)6-4-17-5-9-22(24(33)11-17)31(39,40)42-21-15-25(34)29(26(35)16-21)19-12-27(36)30(38)28(37)13-19/h5,7-9,11-16,25,29H,2-3,10H2,1H3. The minimum Gasteiger partial charge on any atom is -0.493 e. The first-order valence-electron chi connectivity index (χ1n) is 12.6. The maximum absolute atomic E-state index is 14.8. The summed E-state index contributed by atoms with van der Waals surface area (Å²) in [7, 11) is 0. The summed E-state index contributed by atoms with van der Waals surface area (Å²) in [6.07, 6.45) is -4.41. The first-order chi connectivity index (χ1) is 19.9. The van der Waals surface area contributed by atoms with Crippen LogP contribution in [-0.4, -0.2) is 12.8 Å². The van der Waals surface area contributed by atoms with Crippen LogP contribution in [0.1, 0.15) is 47.9 Å². The molecule has 0 radical (unpaired) electrons. The quantitative estimate of drug-likeness (QED) is 0.112. The second-order valence-corrected chi connectivity index (χ2v) is 9.23. The Balaban J connectivity index is 1.48. The van der Waals surface area contributed by atoms with E-state index in [1.807, 2.05) is 6.92 Å². The molecule has 1 aliphatic rings. The monoisotopic (exact) mass is 596 g/mol. The number of rotatable bonds is 8. The highest BCUT2D eigenvalue weighted by atomic mass is 19.3. The minimum absolute atomic E-state index is 0.0424. The van der Waals surface area contributed by atoms with Crippen molar-refractivity contribution in [3.63, 3.8) is 0 Å². The molecule has 220 valence electrons. The Morgan fingerprint density at radius 1 is 0.833 bits per heavy atom. The molecule has 2 atom stereocenters. The van der Waals surface area contributed by atoms with Gasteiger partial charge in [0, 0.05) is 17.7 Å². The van der Waals surface area contributed by atoms with Crippen LogP contribution in [0.25, 0.3) is 0 Å². The van der Waals surface area contributed by atoms with E-state index in [2.05, 4.69) is 16.6 Å². The third-order valence-electron chi connectivity index (χ3n) is 6.16. The maximum Gasteiger partial charge on any atom is 0.429 e. The van der Waals surface area contributed by atoms with Crippen LogP contribution >= 0.6 is 0 Å². The van der Waals surface area contributed by atoms with Crippen molar-refractivity contribution < 1.29 is 49.0 Å². The predicted molar refractivity (Wildman–Crippen MR) is 135 cm³/mol. The van der Waals surface area contributed by atoms with E-state index < -0.39 is 70.0 Å². The zero-order valence-electron chi connectivity index (χ0n) is 21.8. The van der Waals surface area contributed by atoms with Crippen molar-refractivity contribution in [3.05, 3.63) is 124 Å². The van der Waals surface area contributed by atoms with Crippen LogP contribution in [0.2, 0.25) is 0 Å². The van der Waals surface area contributed by atoms with Crippen LogP contribution in [0, 0.1) is 40.9 Å². The number of allylic oxidation sites excluding steroid dienone is 3. The SMILES string of the molecule is CCCCOc1ccc(C#Cc2ccc(C(F)(F)OC3=CC(F)C(c4cc(F)c(F)c(F)c4)C(F)=C3)c(F)c2)c(F)c1. The fourth-order valence-corrected chi connectivity index (χ4v) is 4.03. The van der Waals surface area contributed by atoms with Crippen LogP contribution in [0.5, 0.6) is 5.75 Å². The van der Waals surface area contributed by atoms with Crippen LogP contribution in [-0.2, 0) is 10.8 Å². The molecule has 0 amide bonds. The predicted octanol–water partition coefficient (Wildman–Crippen LogP) is 8.90. The van der Waals surface area contributed by atoms with Crippen molar-refractivity contribution >= 4 is 0 Å². The van der Waals surface area contributed by atoms with Gasteiger partial charge < -0.3 is 9.47 Å². The molecule has 2 nitrogen and oxygen atoms in total. The summed E-state index contributed by atoms with van der Waals surface area (Å²) >= 11 is 0. The van der Waals surface area contributed by atoms with E-state index in [0.29, 0.717) is 48.8 Å². The van der Waals surface area contributed by atoms with Gasteiger partial charge in [-0.1, -0.05) is 25.2 Å². The summed E-state index contributed by atoms with van der Waals surface area (Å²) in [4.78, 5) is 0. The Kier molecular flexibility index (Phi) is 9.24. The first-order valence-corrected chi connectivity index (χ1v) is 12.6. The van der Waals surface area contributed by atoms with Gasteiger partial charge in [0.2, 0.25) is 0 Å². The highest BCUT2D eigenvalue weighted by molar-refractivity contribution is 5.46. The Morgan fingerprint density at radius 3 is 2.17 bits per heavy atom. The van der Waals surface area contributed by atoms with E-state index in [0.717, 1.165) is 25.0 Å². The van der Waals surface area contributed by atoms with E-state index >= 15 is 0 Å². The zero-order chi connectivity index (χ0) is 30.6. The number of ether oxygens (including phenoxy) is 2. The second kappa shape index (κ2) is 12.7. The molecular formula is C31H21F9O2. The molecule has 0 N–H and O–H groups in total. The Bertz CT molecular complexity index is 1580. The van der Waals surface area contributed by atoms with Gasteiger partial charge >= 0.3 is 6.11 Å². The molecule has 0 aliphatic heterocycles. The van der Waals surface area contributed by atoms with Gasteiger partial charge in [0.25, 0.3) is 0 Å². The Labute approximate surface area is 235 Å². The molecule has 0 bridgehead atoms. The number of alkyl halides is 3. The van der Waals surface area contributed by atoms with Gasteiger partial charge in [-0.15, -0.1) is 0 Å². The molecule has 11 heteroatoms. The third kappa shape index (κ3) is 6.93. The van der Waals surface area contributed by atoms with Crippen LogP contribution in [0.3, 0.4) is 0 Å². The van der Waals surface area contributed by atoms with E-state index in [-0.39, 0.29) is 11.1 Å². The van der Waals surface area contributed by atoms with Crippen LogP contribution in [0.4, 0.5) is 39.5 Å². The van der Waals surface area contributed by atoms with Gasteiger partial charge in [-0.3, -0.25) is 0 Å². The molecule has 1 aliphatic carbocycles. The first kappa shape index (κ1) is 30.6. The number of unbranched alkanes of at least 4 members (excludes halogenated alkanes) is 1. The van der Waals surface area contributed by atoms with Crippen molar-refractivity contribution in [3.8, 4) is 17.6 Å². The average molecular weight is 596 g/mol. The molecule has 4 rings (SSSR count). The number of halogens is 9. The van der Waals surface area contributed by atoms with Crippen molar-refractivity contribution in [2.24, 2.45) is 0 Å². The summed E-state index contributed by atoms with van der Waals surface area (Å²) in [6.45, 7) is 2.39. The second-order valence-electron chi connectivity index (χ2n) is 9.23.